The fourth-order valence-electron chi connectivity index (χ4n) is 2.12. The van der Waals surface area contributed by atoms with E-state index in [2.05, 4.69) is 0 Å². The number of thioether (sulfide) groups is 1. The quantitative estimate of drug-likeness (QED) is 0.827. The number of piperidine rings is 1. The Balaban J connectivity index is 1.76. The van der Waals surface area contributed by atoms with E-state index in [9.17, 15) is 4.79 Å². The first-order valence-corrected chi connectivity index (χ1v) is 8.37. The monoisotopic (exact) mass is 317 g/mol. The Morgan fingerprint density at radius 2 is 1.89 bits per heavy atom. The molecule has 0 aliphatic carbocycles. The van der Waals surface area contributed by atoms with Gasteiger partial charge in [0.05, 0.1) is 15.8 Å². The minimum atomic E-state index is 0.254. The summed E-state index contributed by atoms with van der Waals surface area (Å²) in [7, 11) is 0. The number of carbonyl (C=O) groups excluding carboxylic acids is 1. The Hall–Kier alpha value is -0.380. The SMILES string of the molecule is O=C(CSCc1ccc(Cl)c(Cl)c1)N1CCCCC1. The molecule has 1 aliphatic rings. The zero-order valence-corrected chi connectivity index (χ0v) is 13.0. The van der Waals surface area contributed by atoms with E-state index in [-0.39, 0.29) is 5.91 Å². The lowest BCUT2D eigenvalue weighted by molar-refractivity contribution is -0.129. The topological polar surface area (TPSA) is 20.3 Å². The zero-order valence-electron chi connectivity index (χ0n) is 10.7. The number of hydrogen-bond donors (Lipinski definition) is 0. The van der Waals surface area contributed by atoms with Crippen molar-refractivity contribution in [1.29, 1.82) is 0 Å². The molecule has 1 aromatic carbocycles. The molecular formula is C14H17Cl2NOS. The van der Waals surface area contributed by atoms with Crippen LogP contribution < -0.4 is 0 Å². The van der Waals surface area contributed by atoms with Crippen LogP contribution in [-0.4, -0.2) is 29.6 Å². The lowest BCUT2D eigenvalue weighted by atomic mass is 10.1. The molecule has 2 nitrogen and oxygen atoms in total. The molecule has 0 N–H and O–H groups in total. The van der Waals surface area contributed by atoms with Crippen molar-refractivity contribution >= 4 is 40.9 Å². The van der Waals surface area contributed by atoms with Gasteiger partial charge in [-0.1, -0.05) is 29.3 Å². The van der Waals surface area contributed by atoms with Gasteiger partial charge >= 0.3 is 0 Å². The summed E-state index contributed by atoms with van der Waals surface area (Å²) in [6.45, 7) is 1.85. The Labute approximate surface area is 128 Å². The molecule has 104 valence electrons. The van der Waals surface area contributed by atoms with Crippen LogP contribution in [0.4, 0.5) is 0 Å². The lowest BCUT2D eigenvalue weighted by Crippen LogP contribution is -2.36. The molecule has 19 heavy (non-hydrogen) atoms. The summed E-state index contributed by atoms with van der Waals surface area (Å²) in [5.41, 5.74) is 1.10. The van der Waals surface area contributed by atoms with Crippen molar-refractivity contribution in [2.45, 2.75) is 25.0 Å². The molecule has 1 fully saturated rings. The van der Waals surface area contributed by atoms with Crippen LogP contribution in [0.25, 0.3) is 0 Å². The van der Waals surface area contributed by atoms with Gasteiger partial charge in [-0.25, -0.2) is 0 Å². The van der Waals surface area contributed by atoms with Crippen LogP contribution in [0.5, 0.6) is 0 Å². The largest absolute Gasteiger partial charge is 0.342 e. The standard InChI is InChI=1S/C14H17Cl2NOS/c15-12-5-4-11(8-13(12)16)9-19-10-14(18)17-6-2-1-3-7-17/h4-5,8H,1-3,6-7,9-10H2. The van der Waals surface area contributed by atoms with Crippen molar-refractivity contribution in [2.75, 3.05) is 18.8 Å². The molecule has 1 heterocycles. The third kappa shape index (κ3) is 4.59. The molecule has 0 radical (unpaired) electrons. The van der Waals surface area contributed by atoms with Crippen LogP contribution in [0.2, 0.25) is 10.0 Å². The van der Waals surface area contributed by atoms with Gasteiger partial charge in [0, 0.05) is 18.8 Å². The molecule has 5 heteroatoms. The number of nitrogens with zero attached hydrogens (tertiary/aromatic N) is 1. The van der Waals surface area contributed by atoms with Crippen molar-refractivity contribution in [3.8, 4) is 0 Å². The van der Waals surface area contributed by atoms with Crippen LogP contribution >= 0.6 is 35.0 Å². The number of benzene rings is 1. The summed E-state index contributed by atoms with van der Waals surface area (Å²) in [5, 5.41) is 1.14. The van der Waals surface area contributed by atoms with Gasteiger partial charge in [0.2, 0.25) is 5.91 Å². The second-order valence-electron chi connectivity index (χ2n) is 4.68. The summed E-state index contributed by atoms with van der Waals surface area (Å²) < 4.78 is 0. The first-order valence-electron chi connectivity index (χ1n) is 6.46. The Morgan fingerprint density at radius 3 is 2.58 bits per heavy atom. The second kappa shape index (κ2) is 7.41. The van der Waals surface area contributed by atoms with Crippen molar-refractivity contribution in [1.82, 2.24) is 4.90 Å². The summed E-state index contributed by atoms with van der Waals surface area (Å²) in [4.78, 5) is 13.9. The molecule has 0 atom stereocenters. The maximum Gasteiger partial charge on any atom is 0.232 e. The zero-order chi connectivity index (χ0) is 13.7. The van der Waals surface area contributed by atoms with Crippen molar-refractivity contribution in [3.63, 3.8) is 0 Å². The third-order valence-corrected chi connectivity index (χ3v) is 4.91. The lowest BCUT2D eigenvalue weighted by Gasteiger charge is -2.26. The highest BCUT2D eigenvalue weighted by atomic mass is 35.5. The van der Waals surface area contributed by atoms with E-state index in [4.69, 9.17) is 23.2 Å². The summed E-state index contributed by atoms with van der Waals surface area (Å²) in [6.07, 6.45) is 3.53. The normalized spacial score (nSPS) is 15.6. The smallest absolute Gasteiger partial charge is 0.232 e. The van der Waals surface area contributed by atoms with Crippen LogP contribution in [0, 0.1) is 0 Å². The van der Waals surface area contributed by atoms with Gasteiger partial charge in [0.15, 0.2) is 0 Å². The predicted octanol–water partition coefficient (Wildman–Crippen LogP) is 4.24. The van der Waals surface area contributed by atoms with Gasteiger partial charge in [0.25, 0.3) is 0 Å². The highest BCUT2D eigenvalue weighted by molar-refractivity contribution is 7.99. The summed E-state index contributed by atoms with van der Waals surface area (Å²) >= 11 is 13.5. The van der Waals surface area contributed by atoms with Gasteiger partial charge in [-0.3, -0.25) is 4.79 Å². The molecule has 1 aromatic rings. The number of hydrogen-bond acceptors (Lipinski definition) is 2. The predicted molar refractivity (Wildman–Crippen MR) is 83.1 cm³/mol. The molecule has 1 aliphatic heterocycles. The Bertz CT molecular complexity index is 447. The Morgan fingerprint density at radius 1 is 1.16 bits per heavy atom. The van der Waals surface area contributed by atoms with Crippen molar-refractivity contribution in [3.05, 3.63) is 33.8 Å². The van der Waals surface area contributed by atoms with Crippen LogP contribution in [0.3, 0.4) is 0 Å². The molecule has 0 saturated carbocycles. The average molecular weight is 318 g/mol. The van der Waals surface area contributed by atoms with Gasteiger partial charge in [-0.2, -0.15) is 0 Å². The third-order valence-electron chi connectivity index (χ3n) is 3.19. The number of rotatable bonds is 4. The molecule has 0 bridgehead atoms. The van der Waals surface area contributed by atoms with Gasteiger partial charge in [0.1, 0.15) is 0 Å². The van der Waals surface area contributed by atoms with E-state index in [1.54, 1.807) is 17.8 Å². The minimum absolute atomic E-state index is 0.254. The van der Waals surface area contributed by atoms with Gasteiger partial charge in [-0.15, -0.1) is 11.8 Å². The van der Waals surface area contributed by atoms with E-state index in [1.165, 1.54) is 6.42 Å². The van der Waals surface area contributed by atoms with E-state index in [1.807, 2.05) is 17.0 Å². The maximum atomic E-state index is 12.0. The second-order valence-corrected chi connectivity index (χ2v) is 6.48. The maximum absolute atomic E-state index is 12.0. The summed E-state index contributed by atoms with van der Waals surface area (Å²) in [5.74, 6) is 1.58. The van der Waals surface area contributed by atoms with Gasteiger partial charge < -0.3 is 4.90 Å². The van der Waals surface area contributed by atoms with E-state index >= 15 is 0 Å². The van der Waals surface area contributed by atoms with Gasteiger partial charge in [-0.05, 0) is 37.0 Å². The fraction of sp³-hybridized carbons (Fsp3) is 0.500. The average Bonchev–Trinajstić information content (AvgIpc) is 2.43. The minimum Gasteiger partial charge on any atom is -0.342 e. The molecular weight excluding hydrogens is 301 g/mol. The van der Waals surface area contributed by atoms with Crippen LogP contribution in [-0.2, 0) is 10.5 Å². The summed E-state index contributed by atoms with van der Waals surface area (Å²) in [6, 6.07) is 5.61. The molecule has 1 amide bonds. The number of halogens is 2. The number of carbonyl (C=O) groups is 1. The highest BCUT2D eigenvalue weighted by Gasteiger charge is 2.15. The molecule has 2 rings (SSSR count). The van der Waals surface area contributed by atoms with Crippen molar-refractivity contribution < 1.29 is 4.79 Å². The molecule has 0 unspecified atom stereocenters. The first-order chi connectivity index (χ1) is 9.16. The van der Waals surface area contributed by atoms with Crippen LogP contribution in [0.15, 0.2) is 18.2 Å². The highest BCUT2D eigenvalue weighted by Crippen LogP contribution is 2.24. The molecule has 0 aromatic heterocycles. The van der Waals surface area contributed by atoms with Crippen LogP contribution in [0.1, 0.15) is 24.8 Å². The Kier molecular flexibility index (Phi) is 5.86. The molecule has 1 saturated heterocycles. The number of likely N-dealkylation sites (tertiary alicyclic amines) is 1. The fourth-order valence-corrected chi connectivity index (χ4v) is 3.32. The van der Waals surface area contributed by atoms with E-state index < -0.39 is 0 Å². The van der Waals surface area contributed by atoms with E-state index in [0.717, 1.165) is 37.2 Å². The molecule has 0 spiro atoms. The number of amides is 1. The van der Waals surface area contributed by atoms with Crippen molar-refractivity contribution in [2.24, 2.45) is 0 Å². The van der Waals surface area contributed by atoms with E-state index in [0.29, 0.717) is 15.8 Å². The first kappa shape index (κ1) is 15.0.